The van der Waals surface area contributed by atoms with Crippen LogP contribution in [-0.4, -0.2) is 30.4 Å². The van der Waals surface area contributed by atoms with Crippen LogP contribution in [0.5, 0.6) is 0 Å². The molecule has 1 aliphatic rings. The van der Waals surface area contributed by atoms with E-state index in [9.17, 15) is 13.2 Å². The first kappa shape index (κ1) is 18.2. The third-order valence-electron chi connectivity index (χ3n) is 4.66. The summed E-state index contributed by atoms with van der Waals surface area (Å²) in [5.41, 5.74) is 2.26. The molecular weight excluding hydrogens is 376 g/mol. The Morgan fingerprint density at radius 2 is 1.79 bits per heavy atom. The number of nitrogens with one attached hydrogen (secondary N) is 1. The van der Waals surface area contributed by atoms with Crippen LogP contribution in [0.25, 0.3) is 0 Å². The van der Waals surface area contributed by atoms with E-state index >= 15 is 0 Å². The molecule has 0 bridgehead atoms. The van der Waals surface area contributed by atoms with E-state index < -0.39 is 10.0 Å². The molecule has 0 radical (unpaired) electrons. The number of aromatic nitrogens is 2. The van der Waals surface area contributed by atoms with Crippen molar-refractivity contribution in [3.63, 3.8) is 0 Å². The fraction of sp³-hybridized carbons (Fsp3) is 0.200. The summed E-state index contributed by atoms with van der Waals surface area (Å²) in [5, 5.41) is 0. The first-order valence-corrected chi connectivity index (χ1v) is 10.5. The van der Waals surface area contributed by atoms with Gasteiger partial charge in [-0.05, 0) is 48.4 Å². The number of sulfonamides is 1. The van der Waals surface area contributed by atoms with E-state index in [0.717, 1.165) is 17.7 Å². The van der Waals surface area contributed by atoms with Gasteiger partial charge in [-0.15, -0.1) is 0 Å². The molecule has 0 atom stereocenters. The predicted octanol–water partition coefficient (Wildman–Crippen LogP) is 2.86. The molecule has 2 heterocycles. The SMILES string of the molecule is O=C1CCCN1c1ccc(S(=O)(=O)Nc2ccc(Cn3ccnc3)cc2)cc1. The molecular formula is C20H20N4O3S. The maximum atomic E-state index is 12.6. The Kier molecular flexibility index (Phi) is 4.87. The highest BCUT2D eigenvalue weighted by molar-refractivity contribution is 7.92. The summed E-state index contributed by atoms with van der Waals surface area (Å²) in [4.78, 5) is 17.7. The van der Waals surface area contributed by atoms with Gasteiger partial charge in [-0.1, -0.05) is 12.1 Å². The van der Waals surface area contributed by atoms with Crippen molar-refractivity contribution >= 4 is 27.3 Å². The van der Waals surface area contributed by atoms with Gasteiger partial charge in [0.05, 0.1) is 11.2 Å². The van der Waals surface area contributed by atoms with Crippen LogP contribution in [0.2, 0.25) is 0 Å². The number of benzene rings is 2. The molecule has 1 N–H and O–H groups in total. The maximum absolute atomic E-state index is 12.6. The lowest BCUT2D eigenvalue weighted by Gasteiger charge is -2.16. The minimum absolute atomic E-state index is 0.0736. The number of anilines is 2. The van der Waals surface area contributed by atoms with Gasteiger partial charge in [0.2, 0.25) is 5.91 Å². The van der Waals surface area contributed by atoms with Gasteiger partial charge in [-0.3, -0.25) is 9.52 Å². The van der Waals surface area contributed by atoms with E-state index in [1.165, 1.54) is 12.1 Å². The predicted molar refractivity (Wildman–Crippen MR) is 107 cm³/mol. The lowest BCUT2D eigenvalue weighted by atomic mass is 10.2. The molecule has 0 unspecified atom stereocenters. The van der Waals surface area contributed by atoms with Crippen LogP contribution in [0.4, 0.5) is 11.4 Å². The molecule has 144 valence electrons. The fourth-order valence-electron chi connectivity index (χ4n) is 3.21. The Morgan fingerprint density at radius 3 is 2.39 bits per heavy atom. The minimum atomic E-state index is -3.70. The zero-order valence-corrected chi connectivity index (χ0v) is 16.0. The quantitative estimate of drug-likeness (QED) is 0.694. The Morgan fingerprint density at radius 1 is 1.04 bits per heavy atom. The van der Waals surface area contributed by atoms with Crippen molar-refractivity contribution in [3.8, 4) is 0 Å². The van der Waals surface area contributed by atoms with E-state index in [0.29, 0.717) is 25.2 Å². The average molecular weight is 396 g/mol. The normalized spacial score (nSPS) is 14.4. The highest BCUT2D eigenvalue weighted by Crippen LogP contribution is 2.24. The zero-order valence-electron chi connectivity index (χ0n) is 15.2. The molecule has 0 saturated carbocycles. The van der Waals surface area contributed by atoms with E-state index in [1.807, 2.05) is 22.9 Å². The van der Waals surface area contributed by atoms with Gasteiger partial charge in [-0.25, -0.2) is 13.4 Å². The Labute approximate surface area is 163 Å². The van der Waals surface area contributed by atoms with Gasteiger partial charge in [0.15, 0.2) is 0 Å². The van der Waals surface area contributed by atoms with E-state index in [1.54, 1.807) is 41.7 Å². The highest BCUT2D eigenvalue weighted by Gasteiger charge is 2.22. The van der Waals surface area contributed by atoms with Crippen LogP contribution >= 0.6 is 0 Å². The van der Waals surface area contributed by atoms with E-state index in [2.05, 4.69) is 9.71 Å². The largest absolute Gasteiger partial charge is 0.333 e. The number of amides is 1. The molecule has 0 spiro atoms. The average Bonchev–Trinajstić information content (AvgIpc) is 3.35. The first-order chi connectivity index (χ1) is 13.5. The third-order valence-corrected chi connectivity index (χ3v) is 6.06. The molecule has 1 saturated heterocycles. The standard InChI is InChI=1S/C20H20N4O3S/c25-20-2-1-12-24(20)18-7-9-19(10-8-18)28(26,27)22-17-5-3-16(4-6-17)14-23-13-11-21-15-23/h3-11,13,15,22H,1-2,12,14H2. The number of hydrogen-bond donors (Lipinski definition) is 1. The number of nitrogens with zero attached hydrogens (tertiary/aromatic N) is 3. The molecule has 1 amide bonds. The van der Waals surface area contributed by atoms with E-state index in [-0.39, 0.29) is 10.8 Å². The first-order valence-electron chi connectivity index (χ1n) is 8.99. The van der Waals surface area contributed by atoms with Gasteiger partial charge < -0.3 is 9.47 Å². The topological polar surface area (TPSA) is 84.3 Å². The molecule has 1 aliphatic heterocycles. The van der Waals surface area contributed by atoms with Gasteiger partial charge >= 0.3 is 0 Å². The monoisotopic (exact) mass is 396 g/mol. The Hall–Kier alpha value is -3.13. The summed E-state index contributed by atoms with van der Waals surface area (Å²) in [5.74, 6) is 0.0736. The lowest BCUT2D eigenvalue weighted by molar-refractivity contribution is -0.117. The molecule has 8 heteroatoms. The van der Waals surface area contributed by atoms with Crippen molar-refractivity contribution < 1.29 is 13.2 Å². The van der Waals surface area contributed by atoms with Crippen molar-refractivity contribution in [3.05, 3.63) is 72.8 Å². The van der Waals surface area contributed by atoms with Crippen LogP contribution < -0.4 is 9.62 Å². The summed E-state index contributed by atoms with van der Waals surface area (Å²) in [6, 6.07) is 13.6. The zero-order chi connectivity index (χ0) is 19.6. The van der Waals surface area contributed by atoms with Crippen molar-refractivity contribution in [2.45, 2.75) is 24.3 Å². The van der Waals surface area contributed by atoms with Crippen LogP contribution in [0.15, 0.2) is 72.1 Å². The Balaban J connectivity index is 1.45. The van der Waals surface area contributed by atoms with Crippen LogP contribution in [-0.2, 0) is 21.4 Å². The lowest BCUT2D eigenvalue weighted by Crippen LogP contribution is -2.23. The third kappa shape index (κ3) is 3.91. The fourth-order valence-corrected chi connectivity index (χ4v) is 4.27. The highest BCUT2D eigenvalue weighted by atomic mass is 32.2. The molecule has 2 aromatic carbocycles. The van der Waals surface area contributed by atoms with Gasteiger partial charge in [0, 0.05) is 43.3 Å². The molecule has 3 aromatic rings. The second-order valence-corrected chi connectivity index (χ2v) is 8.36. The molecule has 1 fully saturated rings. The molecule has 1 aromatic heterocycles. The number of imidazole rings is 1. The summed E-state index contributed by atoms with van der Waals surface area (Å²) < 4.78 is 29.8. The van der Waals surface area contributed by atoms with E-state index in [4.69, 9.17) is 0 Å². The number of carbonyl (C=O) groups excluding carboxylic acids is 1. The Bertz CT molecular complexity index is 1060. The van der Waals surface area contributed by atoms with Crippen molar-refractivity contribution in [1.82, 2.24) is 9.55 Å². The summed E-state index contributed by atoms with van der Waals surface area (Å²) in [6.45, 7) is 1.35. The van der Waals surface area contributed by atoms with Gasteiger partial charge in [0.25, 0.3) is 10.0 Å². The second kappa shape index (κ2) is 7.47. The molecule has 4 rings (SSSR count). The van der Waals surface area contributed by atoms with Crippen molar-refractivity contribution in [2.24, 2.45) is 0 Å². The smallest absolute Gasteiger partial charge is 0.261 e. The second-order valence-electron chi connectivity index (χ2n) is 6.68. The van der Waals surface area contributed by atoms with Gasteiger partial charge in [-0.2, -0.15) is 0 Å². The summed E-state index contributed by atoms with van der Waals surface area (Å²) in [7, 11) is -3.70. The van der Waals surface area contributed by atoms with Crippen LogP contribution in [0, 0.1) is 0 Å². The van der Waals surface area contributed by atoms with Crippen LogP contribution in [0.1, 0.15) is 18.4 Å². The summed E-state index contributed by atoms with van der Waals surface area (Å²) >= 11 is 0. The summed E-state index contributed by atoms with van der Waals surface area (Å²) in [6.07, 6.45) is 6.69. The minimum Gasteiger partial charge on any atom is -0.333 e. The molecule has 7 nitrogen and oxygen atoms in total. The van der Waals surface area contributed by atoms with Crippen LogP contribution in [0.3, 0.4) is 0 Å². The van der Waals surface area contributed by atoms with Crippen molar-refractivity contribution in [1.29, 1.82) is 0 Å². The molecule has 28 heavy (non-hydrogen) atoms. The van der Waals surface area contributed by atoms with Crippen molar-refractivity contribution in [2.75, 3.05) is 16.2 Å². The number of carbonyl (C=O) groups is 1. The van der Waals surface area contributed by atoms with Gasteiger partial charge in [0.1, 0.15) is 0 Å². The maximum Gasteiger partial charge on any atom is 0.261 e. The number of hydrogen-bond acceptors (Lipinski definition) is 4. The number of rotatable bonds is 6. The molecule has 0 aliphatic carbocycles.